The van der Waals surface area contributed by atoms with Gasteiger partial charge in [-0.25, -0.2) is 8.42 Å². The third-order valence-corrected chi connectivity index (χ3v) is 6.80. The van der Waals surface area contributed by atoms with E-state index in [1.165, 1.54) is 6.07 Å². The molecule has 0 heterocycles. The van der Waals surface area contributed by atoms with Gasteiger partial charge < -0.3 is 10.1 Å². The first kappa shape index (κ1) is 31.6. The van der Waals surface area contributed by atoms with Crippen LogP contribution in [-0.2, 0) is 35.2 Å². The molecule has 16 heteroatoms. The van der Waals surface area contributed by atoms with Crippen LogP contribution in [0.1, 0.15) is 32.6 Å². The fraction of sp³-hybridized carbons (Fsp3) is 0.240. The zero-order chi connectivity index (χ0) is 31.0. The van der Waals surface area contributed by atoms with Crippen molar-refractivity contribution in [1.82, 2.24) is 0 Å². The molecule has 41 heavy (non-hydrogen) atoms. The van der Waals surface area contributed by atoms with Crippen LogP contribution in [0.2, 0.25) is 0 Å². The average molecular weight is 614 g/mol. The van der Waals surface area contributed by atoms with Crippen LogP contribution in [0.25, 0.3) is 0 Å². The zero-order valence-electron chi connectivity index (χ0n) is 20.9. The second-order valence-corrected chi connectivity index (χ2v) is 10.6. The fourth-order valence-electron chi connectivity index (χ4n) is 3.51. The van der Waals surface area contributed by atoms with Crippen molar-refractivity contribution in [3.63, 3.8) is 0 Å². The lowest BCUT2D eigenvalue weighted by molar-refractivity contribution is -0.143. The molecule has 3 rings (SSSR count). The number of hydrogen-bond donors (Lipinski definition) is 1. The molecule has 0 radical (unpaired) electrons. The molecule has 0 unspecified atom stereocenters. The van der Waals surface area contributed by atoms with Crippen LogP contribution in [0, 0.1) is 0 Å². The van der Waals surface area contributed by atoms with Crippen molar-refractivity contribution in [2.24, 2.45) is 0 Å². The molecule has 1 amide bonds. The summed E-state index contributed by atoms with van der Waals surface area (Å²) in [5.74, 6) is -1.76. The van der Waals surface area contributed by atoms with Gasteiger partial charge in [0.05, 0.1) is 28.6 Å². The van der Waals surface area contributed by atoms with Crippen LogP contribution in [0.15, 0.2) is 60.7 Å². The normalized spacial score (nSPS) is 12.7. The molecule has 0 saturated carbocycles. The number of anilines is 2. The molecule has 0 aliphatic carbocycles. The van der Waals surface area contributed by atoms with Gasteiger partial charge in [-0.3, -0.25) is 9.10 Å². The fourth-order valence-corrected chi connectivity index (χ4v) is 4.02. The Bertz CT molecular complexity index is 1520. The molecule has 0 spiro atoms. The van der Waals surface area contributed by atoms with E-state index in [0.29, 0.717) is 4.31 Å². The molecule has 0 saturated heterocycles. The predicted molar refractivity (Wildman–Crippen MR) is 130 cm³/mol. The van der Waals surface area contributed by atoms with Crippen molar-refractivity contribution in [2.45, 2.75) is 25.1 Å². The first-order valence-electron chi connectivity index (χ1n) is 11.1. The summed E-state index contributed by atoms with van der Waals surface area (Å²) in [6.45, 7) is -0.722. The molecular formula is C25H19F9N2O4S. The van der Waals surface area contributed by atoms with E-state index in [-0.39, 0.29) is 40.9 Å². The third-order valence-electron chi connectivity index (χ3n) is 5.61. The van der Waals surface area contributed by atoms with Crippen LogP contribution >= 0.6 is 0 Å². The van der Waals surface area contributed by atoms with Crippen molar-refractivity contribution >= 4 is 27.3 Å². The number of ether oxygens (including phenoxy) is 1. The Kier molecular flexibility index (Phi) is 8.58. The Hall–Kier alpha value is -3.95. The van der Waals surface area contributed by atoms with Gasteiger partial charge >= 0.3 is 18.5 Å². The standard InChI is InChI=1S/C25H19F9N2O4S/c1-36(41(2,38)39)20-8-7-18(12-21(20)40-13-14-5-3-4-6-19(14)25(32,33)34)35-22(37)15-9-16(23(26,27)28)11-17(10-15)24(29,30)31/h3-12H,13H2,1-2H3,(H,35,37). The van der Waals surface area contributed by atoms with Crippen LogP contribution in [0.5, 0.6) is 5.75 Å². The summed E-state index contributed by atoms with van der Waals surface area (Å²) >= 11 is 0. The molecule has 3 aromatic rings. The number of nitrogens with zero attached hydrogens (tertiary/aromatic N) is 1. The average Bonchev–Trinajstić information content (AvgIpc) is 2.85. The van der Waals surface area contributed by atoms with Gasteiger partial charge in [0.25, 0.3) is 5.91 Å². The molecular weight excluding hydrogens is 595 g/mol. The molecule has 3 aromatic carbocycles. The Morgan fingerprint density at radius 3 is 1.90 bits per heavy atom. The number of benzene rings is 3. The largest absolute Gasteiger partial charge is 0.487 e. The van der Waals surface area contributed by atoms with E-state index < -0.39 is 63.3 Å². The monoisotopic (exact) mass is 614 g/mol. The number of sulfonamides is 1. The van der Waals surface area contributed by atoms with E-state index in [1.54, 1.807) is 0 Å². The van der Waals surface area contributed by atoms with Crippen LogP contribution in [0.3, 0.4) is 0 Å². The van der Waals surface area contributed by atoms with Crippen molar-refractivity contribution in [3.8, 4) is 5.75 Å². The van der Waals surface area contributed by atoms with Crippen molar-refractivity contribution in [1.29, 1.82) is 0 Å². The summed E-state index contributed by atoms with van der Waals surface area (Å²) in [4.78, 5) is 12.7. The minimum absolute atomic E-state index is 0.155. The molecule has 0 atom stereocenters. The summed E-state index contributed by atoms with van der Waals surface area (Å²) in [5, 5.41) is 2.09. The SMILES string of the molecule is CN(c1ccc(NC(=O)c2cc(C(F)(F)F)cc(C(F)(F)F)c2)cc1OCc1ccccc1C(F)(F)F)S(C)(=O)=O. The van der Waals surface area contributed by atoms with Gasteiger partial charge in [-0.05, 0) is 36.4 Å². The van der Waals surface area contributed by atoms with Gasteiger partial charge in [0.2, 0.25) is 10.0 Å². The van der Waals surface area contributed by atoms with E-state index in [2.05, 4.69) is 5.32 Å². The molecule has 0 fully saturated rings. The highest BCUT2D eigenvalue weighted by atomic mass is 32.2. The quantitative estimate of drug-likeness (QED) is 0.292. The van der Waals surface area contributed by atoms with Gasteiger partial charge in [-0.1, -0.05) is 18.2 Å². The van der Waals surface area contributed by atoms with E-state index in [0.717, 1.165) is 49.7 Å². The maximum atomic E-state index is 13.4. The number of hydrogen-bond acceptors (Lipinski definition) is 4. The van der Waals surface area contributed by atoms with Crippen LogP contribution in [-0.4, -0.2) is 27.6 Å². The number of amides is 1. The van der Waals surface area contributed by atoms with Crippen LogP contribution in [0.4, 0.5) is 50.9 Å². The van der Waals surface area contributed by atoms with Crippen LogP contribution < -0.4 is 14.4 Å². The predicted octanol–water partition coefficient (Wildman–Crippen LogP) is 6.97. The van der Waals surface area contributed by atoms with Crippen molar-refractivity contribution < 1.29 is 57.5 Å². The van der Waals surface area contributed by atoms with Gasteiger partial charge in [0, 0.05) is 29.9 Å². The molecule has 0 aromatic heterocycles. The highest BCUT2D eigenvalue weighted by molar-refractivity contribution is 7.92. The number of carbonyl (C=O) groups excluding carboxylic acids is 1. The molecule has 0 aliphatic rings. The molecule has 6 nitrogen and oxygen atoms in total. The number of nitrogens with one attached hydrogen (secondary N) is 1. The Labute approximate surface area is 227 Å². The lowest BCUT2D eigenvalue weighted by Gasteiger charge is -2.22. The first-order chi connectivity index (χ1) is 18.7. The number of carbonyl (C=O) groups is 1. The Morgan fingerprint density at radius 2 is 1.39 bits per heavy atom. The lowest BCUT2D eigenvalue weighted by Crippen LogP contribution is -2.25. The summed E-state index contributed by atoms with van der Waals surface area (Å²) in [5.41, 5.74) is -6.27. The van der Waals surface area contributed by atoms with E-state index in [1.807, 2.05) is 0 Å². The van der Waals surface area contributed by atoms with Gasteiger partial charge in [-0.2, -0.15) is 39.5 Å². The second kappa shape index (κ2) is 11.1. The minimum atomic E-state index is -5.21. The highest BCUT2D eigenvalue weighted by Crippen LogP contribution is 2.38. The van der Waals surface area contributed by atoms with E-state index in [9.17, 15) is 52.7 Å². The maximum absolute atomic E-state index is 13.4. The first-order valence-corrected chi connectivity index (χ1v) is 13.0. The van der Waals surface area contributed by atoms with Crippen molar-refractivity contribution in [2.75, 3.05) is 22.9 Å². The van der Waals surface area contributed by atoms with Crippen molar-refractivity contribution in [3.05, 3.63) is 88.5 Å². The van der Waals surface area contributed by atoms with E-state index in [4.69, 9.17) is 4.74 Å². The maximum Gasteiger partial charge on any atom is 0.416 e. The number of rotatable bonds is 7. The summed E-state index contributed by atoms with van der Waals surface area (Å²) in [6, 6.07) is 7.73. The zero-order valence-corrected chi connectivity index (χ0v) is 21.7. The number of alkyl halides is 9. The summed E-state index contributed by atoms with van der Waals surface area (Å²) in [7, 11) is -2.84. The summed E-state index contributed by atoms with van der Waals surface area (Å²) in [6.07, 6.45) is -14.3. The molecule has 0 aliphatic heterocycles. The summed E-state index contributed by atoms with van der Waals surface area (Å²) < 4.78 is 150. The van der Waals surface area contributed by atoms with Gasteiger partial charge in [-0.15, -0.1) is 0 Å². The van der Waals surface area contributed by atoms with Gasteiger partial charge in [0.15, 0.2) is 0 Å². The molecule has 0 bridgehead atoms. The topological polar surface area (TPSA) is 75.7 Å². The Morgan fingerprint density at radius 1 is 0.829 bits per heavy atom. The smallest absolute Gasteiger partial charge is 0.416 e. The number of halogens is 9. The minimum Gasteiger partial charge on any atom is -0.487 e. The third kappa shape index (κ3) is 7.83. The van der Waals surface area contributed by atoms with Gasteiger partial charge in [0.1, 0.15) is 12.4 Å². The molecule has 222 valence electrons. The lowest BCUT2D eigenvalue weighted by atomic mass is 10.0. The Balaban J connectivity index is 2.01. The molecule has 1 N–H and O–H groups in total. The highest BCUT2D eigenvalue weighted by Gasteiger charge is 2.37. The second-order valence-electron chi connectivity index (χ2n) is 8.61. The van der Waals surface area contributed by atoms with E-state index >= 15 is 0 Å².